The highest BCUT2D eigenvalue weighted by molar-refractivity contribution is 5.37. The zero-order valence-electron chi connectivity index (χ0n) is 13.9. The van der Waals surface area contributed by atoms with Gasteiger partial charge in [-0.15, -0.1) is 0 Å². The first-order chi connectivity index (χ1) is 9.74. The summed E-state index contributed by atoms with van der Waals surface area (Å²) in [7, 11) is 1.69. The monoisotopic (exact) mass is 292 g/mol. The molecule has 1 aromatic carbocycles. The van der Waals surface area contributed by atoms with Gasteiger partial charge in [-0.3, -0.25) is 4.90 Å². The van der Waals surface area contributed by atoms with Crippen molar-refractivity contribution in [1.82, 2.24) is 4.90 Å². The summed E-state index contributed by atoms with van der Waals surface area (Å²) in [5, 5.41) is 0. The summed E-state index contributed by atoms with van der Waals surface area (Å²) in [4.78, 5) is 2.44. The van der Waals surface area contributed by atoms with E-state index < -0.39 is 0 Å². The first-order valence-corrected chi connectivity index (χ1v) is 7.53. The van der Waals surface area contributed by atoms with Crippen LogP contribution in [0.5, 0.6) is 5.75 Å². The Morgan fingerprint density at radius 2 is 1.81 bits per heavy atom. The highest BCUT2D eigenvalue weighted by Crippen LogP contribution is 2.29. The normalized spacial score (nSPS) is 21.2. The number of hydrogen-bond donors (Lipinski definition) is 1. The first-order valence-electron chi connectivity index (χ1n) is 7.53. The fraction of sp³-hybridized carbons (Fsp3) is 0.647. The van der Waals surface area contributed by atoms with Crippen LogP contribution in [0, 0.1) is 0 Å². The third-order valence-corrected chi connectivity index (χ3v) is 3.74. The van der Waals surface area contributed by atoms with Gasteiger partial charge >= 0.3 is 0 Å². The molecule has 0 aliphatic carbocycles. The molecule has 0 unspecified atom stereocenters. The van der Waals surface area contributed by atoms with E-state index in [2.05, 4.69) is 50.8 Å². The van der Waals surface area contributed by atoms with Crippen molar-refractivity contribution in [3.05, 3.63) is 29.3 Å². The molecule has 1 aromatic rings. The molecule has 1 fully saturated rings. The lowest BCUT2D eigenvalue weighted by Crippen LogP contribution is -2.56. The molecule has 1 aliphatic heterocycles. The summed E-state index contributed by atoms with van der Waals surface area (Å²) in [6.45, 7) is 11.9. The van der Waals surface area contributed by atoms with Gasteiger partial charge in [-0.05, 0) is 39.3 Å². The van der Waals surface area contributed by atoms with E-state index in [-0.39, 0.29) is 11.2 Å². The average Bonchev–Trinajstić information content (AvgIpc) is 2.34. The molecule has 0 amide bonds. The van der Waals surface area contributed by atoms with Gasteiger partial charge < -0.3 is 15.2 Å². The SMILES string of the molecule is COc1cc(CN2CC(C)(C)OC(C)(C)C2)ccc1CN. The number of ether oxygens (including phenoxy) is 2. The van der Waals surface area contributed by atoms with Gasteiger partial charge in [0.05, 0.1) is 18.3 Å². The van der Waals surface area contributed by atoms with E-state index in [1.165, 1.54) is 5.56 Å². The van der Waals surface area contributed by atoms with Gasteiger partial charge in [0.1, 0.15) is 5.75 Å². The van der Waals surface area contributed by atoms with Crippen LogP contribution in [-0.2, 0) is 17.8 Å². The van der Waals surface area contributed by atoms with E-state index in [9.17, 15) is 0 Å². The van der Waals surface area contributed by atoms with E-state index in [1.54, 1.807) is 7.11 Å². The number of hydrogen-bond acceptors (Lipinski definition) is 4. The van der Waals surface area contributed by atoms with Crippen LogP contribution >= 0.6 is 0 Å². The number of rotatable bonds is 4. The predicted molar refractivity (Wildman–Crippen MR) is 85.4 cm³/mol. The average molecular weight is 292 g/mol. The van der Waals surface area contributed by atoms with E-state index in [4.69, 9.17) is 15.2 Å². The van der Waals surface area contributed by atoms with Crippen LogP contribution in [0.4, 0.5) is 0 Å². The molecule has 0 saturated carbocycles. The second-order valence-electron chi connectivity index (χ2n) is 7.12. The molecule has 21 heavy (non-hydrogen) atoms. The van der Waals surface area contributed by atoms with Crippen molar-refractivity contribution < 1.29 is 9.47 Å². The largest absolute Gasteiger partial charge is 0.496 e. The Morgan fingerprint density at radius 3 is 2.33 bits per heavy atom. The highest BCUT2D eigenvalue weighted by atomic mass is 16.5. The second kappa shape index (κ2) is 5.95. The van der Waals surface area contributed by atoms with Crippen molar-refractivity contribution in [3.8, 4) is 5.75 Å². The van der Waals surface area contributed by atoms with Gasteiger partial charge in [-0.1, -0.05) is 12.1 Å². The second-order valence-corrected chi connectivity index (χ2v) is 7.12. The molecule has 0 spiro atoms. The minimum absolute atomic E-state index is 0.122. The molecule has 1 aliphatic rings. The number of nitrogens with zero attached hydrogens (tertiary/aromatic N) is 1. The van der Waals surface area contributed by atoms with Crippen molar-refractivity contribution in [2.75, 3.05) is 20.2 Å². The van der Waals surface area contributed by atoms with Crippen LogP contribution in [0.3, 0.4) is 0 Å². The van der Waals surface area contributed by atoms with Gasteiger partial charge in [0.25, 0.3) is 0 Å². The molecule has 4 nitrogen and oxygen atoms in total. The third kappa shape index (κ3) is 4.19. The highest BCUT2D eigenvalue weighted by Gasteiger charge is 2.37. The summed E-state index contributed by atoms with van der Waals surface area (Å²) in [5.41, 5.74) is 7.77. The van der Waals surface area contributed by atoms with E-state index in [0.29, 0.717) is 6.54 Å². The van der Waals surface area contributed by atoms with Crippen LogP contribution in [0.2, 0.25) is 0 Å². The standard InChI is InChI=1S/C17H28N2O2/c1-16(2)11-19(12-17(3,4)21-16)10-13-6-7-14(9-18)15(8-13)20-5/h6-8H,9-12,18H2,1-5H3. The van der Waals surface area contributed by atoms with Crippen molar-refractivity contribution in [2.45, 2.75) is 52.0 Å². The van der Waals surface area contributed by atoms with Crippen LogP contribution in [0.15, 0.2) is 18.2 Å². The number of nitrogens with two attached hydrogens (primary N) is 1. The fourth-order valence-electron chi connectivity index (χ4n) is 3.37. The Kier molecular flexibility index (Phi) is 4.61. The molecule has 0 bridgehead atoms. The van der Waals surface area contributed by atoms with E-state index >= 15 is 0 Å². The van der Waals surface area contributed by atoms with Crippen molar-refractivity contribution in [1.29, 1.82) is 0 Å². The summed E-state index contributed by atoms with van der Waals surface area (Å²) >= 11 is 0. The zero-order valence-corrected chi connectivity index (χ0v) is 13.9. The maximum Gasteiger partial charge on any atom is 0.123 e. The molecule has 0 radical (unpaired) electrons. The smallest absolute Gasteiger partial charge is 0.123 e. The molecular formula is C17H28N2O2. The summed E-state index contributed by atoms with van der Waals surface area (Å²) < 4.78 is 11.6. The Balaban J connectivity index is 2.14. The van der Waals surface area contributed by atoms with Crippen molar-refractivity contribution >= 4 is 0 Å². The van der Waals surface area contributed by atoms with Gasteiger partial charge in [0.2, 0.25) is 0 Å². The Bertz CT molecular complexity index is 482. The van der Waals surface area contributed by atoms with Crippen molar-refractivity contribution in [2.24, 2.45) is 5.73 Å². The molecule has 4 heteroatoms. The lowest BCUT2D eigenvalue weighted by Gasteiger charge is -2.47. The van der Waals surface area contributed by atoms with Crippen LogP contribution in [0.1, 0.15) is 38.8 Å². The quantitative estimate of drug-likeness (QED) is 0.926. The lowest BCUT2D eigenvalue weighted by molar-refractivity contribution is -0.182. The van der Waals surface area contributed by atoms with Gasteiger partial charge in [-0.2, -0.15) is 0 Å². The predicted octanol–water partition coefficient (Wildman–Crippen LogP) is 2.54. The minimum Gasteiger partial charge on any atom is -0.496 e. The number of morpholine rings is 1. The van der Waals surface area contributed by atoms with E-state index in [0.717, 1.165) is 30.9 Å². The Labute approximate surface area is 128 Å². The summed E-state index contributed by atoms with van der Waals surface area (Å²) in [5.74, 6) is 0.877. The van der Waals surface area contributed by atoms with Crippen molar-refractivity contribution in [3.63, 3.8) is 0 Å². The first kappa shape index (κ1) is 16.3. The minimum atomic E-state index is -0.122. The Hall–Kier alpha value is -1.10. The molecule has 0 atom stereocenters. The van der Waals surface area contributed by atoms with Gasteiger partial charge in [0.15, 0.2) is 0 Å². The van der Waals surface area contributed by atoms with E-state index in [1.807, 2.05) is 0 Å². The maximum atomic E-state index is 6.13. The molecular weight excluding hydrogens is 264 g/mol. The molecule has 1 heterocycles. The molecule has 1 saturated heterocycles. The number of benzene rings is 1. The van der Waals surface area contributed by atoms with Gasteiger partial charge in [0, 0.05) is 31.7 Å². The van der Waals surface area contributed by atoms with Crippen LogP contribution < -0.4 is 10.5 Å². The molecule has 2 rings (SSSR count). The topological polar surface area (TPSA) is 47.7 Å². The molecule has 118 valence electrons. The summed E-state index contributed by atoms with van der Waals surface area (Å²) in [6, 6.07) is 6.29. The van der Waals surface area contributed by atoms with Crippen LogP contribution in [-0.4, -0.2) is 36.3 Å². The maximum absolute atomic E-state index is 6.13. The fourth-order valence-corrected chi connectivity index (χ4v) is 3.37. The summed E-state index contributed by atoms with van der Waals surface area (Å²) in [6.07, 6.45) is 0. The number of methoxy groups -OCH3 is 1. The third-order valence-electron chi connectivity index (χ3n) is 3.74. The van der Waals surface area contributed by atoms with Crippen LogP contribution in [0.25, 0.3) is 0 Å². The van der Waals surface area contributed by atoms with Gasteiger partial charge in [-0.25, -0.2) is 0 Å². The lowest BCUT2D eigenvalue weighted by atomic mass is 9.98. The zero-order chi connectivity index (χ0) is 15.7. The Morgan fingerprint density at radius 1 is 1.19 bits per heavy atom. The molecule has 0 aromatic heterocycles. The molecule has 2 N–H and O–H groups in total.